The molecule has 1 saturated carbocycles. The lowest BCUT2D eigenvalue weighted by atomic mass is 9.99. The molecule has 150 valence electrons. The number of ketones is 1. The smallest absolute Gasteiger partial charge is 0.266 e. The Morgan fingerprint density at radius 2 is 2.00 bits per heavy atom. The lowest BCUT2D eigenvalue weighted by molar-refractivity contribution is -0.119. The molecule has 4 rings (SSSR count). The number of carbonyl (C=O) groups excluding carboxylic acids is 1. The van der Waals surface area contributed by atoms with E-state index in [1.807, 2.05) is 31.2 Å². The SMILES string of the molecule is COc1cc(Cl)c(C)cc1-n1c(S[C@@H]2CCCCC2=O)nc2ccccc2c1=O. The van der Waals surface area contributed by atoms with Gasteiger partial charge in [-0.05, 0) is 43.5 Å². The number of aromatic nitrogens is 2. The summed E-state index contributed by atoms with van der Waals surface area (Å²) in [6, 6.07) is 10.8. The highest BCUT2D eigenvalue weighted by Crippen LogP contribution is 2.35. The highest BCUT2D eigenvalue weighted by molar-refractivity contribution is 8.00. The number of hydrogen-bond acceptors (Lipinski definition) is 5. The zero-order valence-corrected chi connectivity index (χ0v) is 17.8. The lowest BCUT2D eigenvalue weighted by Gasteiger charge is -2.22. The third-order valence-corrected chi connectivity index (χ3v) is 6.87. The number of aryl methyl sites for hydroxylation is 1. The third kappa shape index (κ3) is 3.79. The van der Waals surface area contributed by atoms with Crippen LogP contribution in [0.2, 0.25) is 5.02 Å². The predicted molar refractivity (Wildman–Crippen MR) is 117 cm³/mol. The number of Topliss-reactive ketones (excluding diaryl/α,β-unsaturated/α-hetero) is 1. The van der Waals surface area contributed by atoms with Crippen LogP contribution in [-0.4, -0.2) is 27.7 Å². The molecule has 1 aliphatic carbocycles. The monoisotopic (exact) mass is 428 g/mol. The third-order valence-electron chi connectivity index (χ3n) is 5.19. The highest BCUT2D eigenvalue weighted by Gasteiger charge is 2.27. The Morgan fingerprint density at radius 1 is 1.21 bits per heavy atom. The van der Waals surface area contributed by atoms with Gasteiger partial charge in [-0.3, -0.25) is 14.2 Å². The maximum absolute atomic E-state index is 13.5. The van der Waals surface area contributed by atoms with Crippen LogP contribution >= 0.6 is 23.4 Å². The van der Waals surface area contributed by atoms with E-state index in [4.69, 9.17) is 21.3 Å². The molecular formula is C22H21ClN2O3S. The van der Waals surface area contributed by atoms with Crippen molar-refractivity contribution in [3.05, 3.63) is 57.3 Å². The molecule has 0 saturated heterocycles. The molecular weight excluding hydrogens is 408 g/mol. The van der Waals surface area contributed by atoms with Crippen LogP contribution in [-0.2, 0) is 4.79 Å². The van der Waals surface area contributed by atoms with Crippen molar-refractivity contribution < 1.29 is 9.53 Å². The molecule has 7 heteroatoms. The first kappa shape index (κ1) is 20.0. The van der Waals surface area contributed by atoms with Gasteiger partial charge < -0.3 is 4.74 Å². The van der Waals surface area contributed by atoms with Gasteiger partial charge in [-0.2, -0.15) is 0 Å². The molecule has 0 spiro atoms. The molecule has 1 aliphatic rings. The number of rotatable bonds is 4. The topological polar surface area (TPSA) is 61.2 Å². The van der Waals surface area contributed by atoms with E-state index >= 15 is 0 Å². The first-order chi connectivity index (χ1) is 14.0. The van der Waals surface area contributed by atoms with Crippen LogP contribution < -0.4 is 10.3 Å². The van der Waals surface area contributed by atoms with Crippen molar-refractivity contribution in [2.75, 3.05) is 7.11 Å². The molecule has 1 aromatic heterocycles. The van der Waals surface area contributed by atoms with Crippen molar-refractivity contribution in [2.45, 2.75) is 43.0 Å². The maximum atomic E-state index is 13.5. The van der Waals surface area contributed by atoms with Gasteiger partial charge in [0.1, 0.15) is 11.5 Å². The number of fused-ring (bicyclic) bond motifs is 1. The molecule has 1 heterocycles. The van der Waals surface area contributed by atoms with Crippen LogP contribution in [0.3, 0.4) is 0 Å². The average Bonchev–Trinajstić information content (AvgIpc) is 2.72. The first-order valence-electron chi connectivity index (χ1n) is 9.55. The molecule has 29 heavy (non-hydrogen) atoms. The summed E-state index contributed by atoms with van der Waals surface area (Å²) in [5.74, 6) is 0.700. The average molecular weight is 429 g/mol. The Labute approximate surface area is 178 Å². The van der Waals surface area contributed by atoms with Crippen molar-refractivity contribution in [3.63, 3.8) is 0 Å². The Bertz CT molecular complexity index is 1160. The summed E-state index contributed by atoms with van der Waals surface area (Å²) in [5.41, 5.74) is 1.82. The van der Waals surface area contributed by atoms with Crippen LogP contribution in [0.15, 0.2) is 46.3 Å². The van der Waals surface area contributed by atoms with E-state index < -0.39 is 0 Å². The minimum absolute atomic E-state index is 0.192. The molecule has 1 atom stereocenters. The van der Waals surface area contributed by atoms with E-state index in [9.17, 15) is 9.59 Å². The molecule has 0 N–H and O–H groups in total. The standard InChI is InChI=1S/C22H21ClN2O3S/c1-13-11-17(19(28-2)12-15(13)23)25-21(27)14-7-3-4-8-16(14)24-22(25)29-20-10-6-5-9-18(20)26/h3-4,7-8,11-12,20H,5-6,9-10H2,1-2H3/t20-/m1/s1. The number of benzene rings is 2. The minimum atomic E-state index is -0.193. The van der Waals surface area contributed by atoms with E-state index in [0.29, 0.717) is 38.9 Å². The van der Waals surface area contributed by atoms with Crippen molar-refractivity contribution in [3.8, 4) is 11.4 Å². The molecule has 0 unspecified atom stereocenters. The van der Waals surface area contributed by atoms with Crippen LogP contribution in [0.25, 0.3) is 16.6 Å². The number of halogens is 1. The first-order valence-corrected chi connectivity index (χ1v) is 10.8. The molecule has 1 fully saturated rings. The summed E-state index contributed by atoms with van der Waals surface area (Å²) in [6.45, 7) is 1.88. The van der Waals surface area contributed by atoms with Gasteiger partial charge in [-0.15, -0.1) is 0 Å². The Hall–Kier alpha value is -2.31. The molecule has 5 nitrogen and oxygen atoms in total. The van der Waals surface area contributed by atoms with Gasteiger partial charge >= 0.3 is 0 Å². The van der Waals surface area contributed by atoms with E-state index in [2.05, 4.69) is 0 Å². The number of hydrogen-bond donors (Lipinski definition) is 0. The van der Waals surface area contributed by atoms with Crippen molar-refractivity contribution >= 4 is 40.0 Å². The summed E-state index contributed by atoms with van der Waals surface area (Å²) >= 11 is 7.63. The minimum Gasteiger partial charge on any atom is -0.495 e. The molecule has 2 aromatic carbocycles. The van der Waals surface area contributed by atoms with Crippen molar-refractivity contribution in [1.29, 1.82) is 0 Å². The summed E-state index contributed by atoms with van der Waals surface area (Å²) in [6.07, 6.45) is 3.31. The Kier molecular flexibility index (Phi) is 5.65. The molecule has 0 aliphatic heterocycles. The number of nitrogens with zero attached hydrogens (tertiary/aromatic N) is 2. The van der Waals surface area contributed by atoms with Crippen LogP contribution in [0.1, 0.15) is 31.2 Å². The van der Waals surface area contributed by atoms with Gasteiger partial charge in [0, 0.05) is 17.5 Å². The maximum Gasteiger partial charge on any atom is 0.266 e. The number of ether oxygens (including phenoxy) is 1. The summed E-state index contributed by atoms with van der Waals surface area (Å²) in [7, 11) is 1.54. The fourth-order valence-electron chi connectivity index (χ4n) is 3.59. The molecule has 0 bridgehead atoms. The van der Waals surface area contributed by atoms with Gasteiger partial charge in [-0.25, -0.2) is 4.98 Å². The summed E-state index contributed by atoms with van der Waals surface area (Å²) < 4.78 is 7.07. The quantitative estimate of drug-likeness (QED) is 0.549. The van der Waals surface area contributed by atoms with Crippen LogP contribution in [0, 0.1) is 6.92 Å². The second-order valence-electron chi connectivity index (χ2n) is 7.14. The van der Waals surface area contributed by atoms with Crippen LogP contribution in [0.4, 0.5) is 0 Å². The number of para-hydroxylation sites is 1. The van der Waals surface area contributed by atoms with Crippen LogP contribution in [0.5, 0.6) is 5.75 Å². The largest absolute Gasteiger partial charge is 0.495 e. The predicted octanol–water partition coefficient (Wildman–Crippen LogP) is 4.96. The highest BCUT2D eigenvalue weighted by atomic mass is 35.5. The Balaban J connectivity index is 1.97. The molecule has 0 amide bonds. The molecule has 3 aromatic rings. The summed E-state index contributed by atoms with van der Waals surface area (Å²) in [5, 5.41) is 1.38. The number of thioether (sulfide) groups is 1. The van der Waals surface area contributed by atoms with Gasteiger partial charge in [-0.1, -0.05) is 41.9 Å². The van der Waals surface area contributed by atoms with Gasteiger partial charge in [0.2, 0.25) is 0 Å². The molecule has 0 radical (unpaired) electrons. The number of methoxy groups -OCH3 is 1. The normalized spacial score (nSPS) is 16.9. The lowest BCUT2D eigenvalue weighted by Crippen LogP contribution is -2.26. The zero-order chi connectivity index (χ0) is 20.5. The van der Waals surface area contributed by atoms with Gasteiger partial charge in [0.15, 0.2) is 5.16 Å². The second kappa shape index (κ2) is 8.20. The summed E-state index contributed by atoms with van der Waals surface area (Å²) in [4.78, 5) is 30.7. The van der Waals surface area contributed by atoms with Crippen molar-refractivity contribution in [1.82, 2.24) is 9.55 Å². The Morgan fingerprint density at radius 3 is 2.76 bits per heavy atom. The van der Waals surface area contributed by atoms with Gasteiger partial charge in [0.05, 0.1) is 29.0 Å². The van der Waals surface area contributed by atoms with E-state index in [0.717, 1.165) is 24.8 Å². The fraction of sp³-hybridized carbons (Fsp3) is 0.318. The van der Waals surface area contributed by atoms with E-state index in [-0.39, 0.29) is 16.6 Å². The van der Waals surface area contributed by atoms with Crippen molar-refractivity contribution in [2.24, 2.45) is 0 Å². The van der Waals surface area contributed by atoms with E-state index in [1.54, 1.807) is 23.8 Å². The van der Waals surface area contributed by atoms with E-state index in [1.165, 1.54) is 11.8 Å². The number of carbonyl (C=O) groups is 1. The fourth-order valence-corrected chi connectivity index (χ4v) is 4.97. The zero-order valence-electron chi connectivity index (χ0n) is 16.3. The second-order valence-corrected chi connectivity index (χ2v) is 8.72. The van der Waals surface area contributed by atoms with Gasteiger partial charge in [0.25, 0.3) is 5.56 Å².